The quantitative estimate of drug-likeness (QED) is 0.477. The molecule has 4 N–H and O–H groups in total. The number of amides is 1. The Labute approximate surface area is 64.5 Å². The highest BCUT2D eigenvalue weighted by Gasteiger charge is 2.23. The van der Waals surface area contributed by atoms with Gasteiger partial charge in [0.1, 0.15) is 0 Å². The molecular formula is C6H12N2O3. The van der Waals surface area contributed by atoms with Crippen LogP contribution < -0.4 is 11.1 Å². The van der Waals surface area contributed by atoms with Crippen molar-refractivity contribution in [3.8, 4) is 0 Å². The highest BCUT2D eigenvalue weighted by Crippen LogP contribution is 2.04. The molecule has 1 fully saturated rings. The average molecular weight is 160 g/mol. The summed E-state index contributed by atoms with van der Waals surface area (Å²) in [5.41, 5.74) is 5.58. The highest BCUT2D eigenvalue weighted by atomic mass is 16.5. The van der Waals surface area contributed by atoms with E-state index in [1.807, 2.05) is 0 Å². The van der Waals surface area contributed by atoms with E-state index in [0.29, 0.717) is 19.6 Å². The molecule has 0 aromatic carbocycles. The van der Waals surface area contributed by atoms with Crippen LogP contribution in [0.25, 0.3) is 0 Å². The standard InChI is InChI=1S/C6H12N2O3/c7-4-3-11-2-1-5(4)8-6(9)10/h4-5,8H,1-3,7H2,(H,9,10)/t4-,5+/m1/s1. The number of hydrogen-bond donors (Lipinski definition) is 3. The summed E-state index contributed by atoms with van der Waals surface area (Å²) < 4.78 is 5.04. The van der Waals surface area contributed by atoms with E-state index in [4.69, 9.17) is 15.6 Å². The number of hydrogen-bond acceptors (Lipinski definition) is 3. The number of ether oxygens (including phenoxy) is 1. The summed E-state index contributed by atoms with van der Waals surface area (Å²) in [6.45, 7) is 1.02. The smallest absolute Gasteiger partial charge is 0.404 e. The number of rotatable bonds is 1. The lowest BCUT2D eigenvalue weighted by Crippen LogP contribution is -2.52. The van der Waals surface area contributed by atoms with E-state index in [2.05, 4.69) is 5.32 Å². The third-order valence-corrected chi connectivity index (χ3v) is 1.71. The first kappa shape index (κ1) is 8.29. The van der Waals surface area contributed by atoms with Gasteiger partial charge in [0.2, 0.25) is 0 Å². The van der Waals surface area contributed by atoms with Gasteiger partial charge in [0.15, 0.2) is 0 Å². The van der Waals surface area contributed by atoms with Crippen LogP contribution in [0.3, 0.4) is 0 Å². The minimum absolute atomic E-state index is 0.152. The van der Waals surface area contributed by atoms with Crippen LogP contribution in [0, 0.1) is 0 Å². The largest absolute Gasteiger partial charge is 0.465 e. The van der Waals surface area contributed by atoms with Gasteiger partial charge in [0, 0.05) is 12.6 Å². The topological polar surface area (TPSA) is 84.6 Å². The zero-order valence-corrected chi connectivity index (χ0v) is 6.12. The fourth-order valence-corrected chi connectivity index (χ4v) is 1.10. The lowest BCUT2D eigenvalue weighted by Gasteiger charge is -2.28. The van der Waals surface area contributed by atoms with Crippen molar-refractivity contribution >= 4 is 6.09 Å². The molecule has 1 rings (SSSR count). The molecular weight excluding hydrogens is 148 g/mol. The highest BCUT2D eigenvalue weighted by molar-refractivity contribution is 5.64. The maximum absolute atomic E-state index is 10.2. The van der Waals surface area contributed by atoms with Crippen LogP contribution in [-0.2, 0) is 4.74 Å². The van der Waals surface area contributed by atoms with Crippen molar-refractivity contribution in [3.05, 3.63) is 0 Å². The molecule has 0 spiro atoms. The third-order valence-electron chi connectivity index (χ3n) is 1.71. The first-order chi connectivity index (χ1) is 5.20. The Morgan fingerprint density at radius 3 is 3.00 bits per heavy atom. The van der Waals surface area contributed by atoms with Crippen LogP contribution in [0.2, 0.25) is 0 Å². The minimum atomic E-state index is -1.02. The molecule has 2 atom stereocenters. The molecule has 64 valence electrons. The second-order valence-corrected chi connectivity index (χ2v) is 2.58. The summed E-state index contributed by atoms with van der Waals surface area (Å²) in [7, 11) is 0. The molecule has 11 heavy (non-hydrogen) atoms. The van der Waals surface area contributed by atoms with Crippen LogP contribution in [0.15, 0.2) is 0 Å². The van der Waals surface area contributed by atoms with Crippen molar-refractivity contribution in [3.63, 3.8) is 0 Å². The Morgan fingerprint density at radius 1 is 1.73 bits per heavy atom. The van der Waals surface area contributed by atoms with E-state index >= 15 is 0 Å². The fourth-order valence-electron chi connectivity index (χ4n) is 1.10. The first-order valence-corrected chi connectivity index (χ1v) is 3.53. The van der Waals surface area contributed by atoms with Crippen LogP contribution in [-0.4, -0.2) is 36.5 Å². The van der Waals surface area contributed by atoms with Gasteiger partial charge in [-0.2, -0.15) is 0 Å². The summed E-state index contributed by atoms with van der Waals surface area (Å²) >= 11 is 0. The fraction of sp³-hybridized carbons (Fsp3) is 0.833. The lowest BCUT2D eigenvalue weighted by atomic mass is 10.1. The molecule has 0 radical (unpaired) electrons. The third kappa shape index (κ3) is 2.36. The molecule has 1 aliphatic rings. The average Bonchev–Trinajstić information content (AvgIpc) is 1.93. The summed E-state index contributed by atoms with van der Waals surface area (Å²) in [4.78, 5) is 10.2. The molecule has 0 unspecified atom stereocenters. The van der Waals surface area contributed by atoms with Crippen LogP contribution in [0.5, 0.6) is 0 Å². The van der Waals surface area contributed by atoms with Gasteiger partial charge in [0.25, 0.3) is 0 Å². The minimum Gasteiger partial charge on any atom is -0.465 e. The van der Waals surface area contributed by atoms with Crippen LogP contribution in [0.1, 0.15) is 6.42 Å². The van der Waals surface area contributed by atoms with Crippen molar-refractivity contribution < 1.29 is 14.6 Å². The predicted molar refractivity (Wildman–Crippen MR) is 38.4 cm³/mol. The molecule has 0 aliphatic carbocycles. The Bertz CT molecular complexity index is 151. The van der Waals surface area contributed by atoms with Gasteiger partial charge in [-0.1, -0.05) is 0 Å². The zero-order valence-electron chi connectivity index (χ0n) is 6.12. The van der Waals surface area contributed by atoms with Gasteiger partial charge in [-0.3, -0.25) is 0 Å². The predicted octanol–water partition coefficient (Wildman–Crippen LogP) is -0.630. The van der Waals surface area contributed by atoms with Crippen molar-refractivity contribution in [1.82, 2.24) is 5.32 Å². The van der Waals surface area contributed by atoms with Gasteiger partial charge in [-0.25, -0.2) is 4.79 Å². The Morgan fingerprint density at radius 2 is 2.45 bits per heavy atom. The van der Waals surface area contributed by atoms with E-state index in [0.717, 1.165) is 0 Å². The molecule has 1 saturated heterocycles. The number of carboxylic acid groups (broad SMARTS) is 1. The normalized spacial score (nSPS) is 31.4. The van der Waals surface area contributed by atoms with E-state index in [1.54, 1.807) is 0 Å². The molecule has 0 bridgehead atoms. The van der Waals surface area contributed by atoms with Gasteiger partial charge >= 0.3 is 6.09 Å². The first-order valence-electron chi connectivity index (χ1n) is 3.53. The molecule has 5 heteroatoms. The molecule has 0 aromatic heterocycles. The van der Waals surface area contributed by atoms with Crippen LogP contribution in [0.4, 0.5) is 4.79 Å². The summed E-state index contributed by atoms with van der Waals surface area (Å²) in [6.07, 6.45) is -0.361. The summed E-state index contributed by atoms with van der Waals surface area (Å²) in [5, 5.41) is 10.7. The molecule has 0 saturated carbocycles. The maximum atomic E-state index is 10.2. The monoisotopic (exact) mass is 160 g/mol. The maximum Gasteiger partial charge on any atom is 0.404 e. The van der Waals surface area contributed by atoms with Gasteiger partial charge < -0.3 is 20.9 Å². The Balaban J connectivity index is 2.35. The van der Waals surface area contributed by atoms with Gasteiger partial charge in [-0.05, 0) is 6.42 Å². The lowest BCUT2D eigenvalue weighted by molar-refractivity contribution is 0.0617. The van der Waals surface area contributed by atoms with Gasteiger partial charge in [-0.15, -0.1) is 0 Å². The van der Waals surface area contributed by atoms with E-state index in [9.17, 15) is 4.79 Å². The van der Waals surface area contributed by atoms with E-state index in [-0.39, 0.29) is 12.1 Å². The molecule has 0 aromatic rings. The summed E-state index contributed by atoms with van der Waals surface area (Å²) in [6, 6.07) is -0.360. The van der Waals surface area contributed by atoms with Crippen molar-refractivity contribution in [1.29, 1.82) is 0 Å². The van der Waals surface area contributed by atoms with Crippen molar-refractivity contribution in [2.75, 3.05) is 13.2 Å². The number of carbonyl (C=O) groups is 1. The molecule has 5 nitrogen and oxygen atoms in total. The van der Waals surface area contributed by atoms with Crippen LogP contribution >= 0.6 is 0 Å². The zero-order chi connectivity index (χ0) is 8.27. The van der Waals surface area contributed by atoms with Crippen molar-refractivity contribution in [2.24, 2.45) is 5.73 Å². The molecule has 1 aliphatic heterocycles. The Hall–Kier alpha value is -0.810. The van der Waals surface area contributed by atoms with Gasteiger partial charge in [0.05, 0.1) is 12.6 Å². The van der Waals surface area contributed by atoms with Crippen molar-refractivity contribution in [2.45, 2.75) is 18.5 Å². The molecule has 1 heterocycles. The second-order valence-electron chi connectivity index (χ2n) is 2.58. The summed E-state index contributed by atoms with van der Waals surface area (Å²) in [5.74, 6) is 0. The van der Waals surface area contributed by atoms with E-state index in [1.165, 1.54) is 0 Å². The number of nitrogens with one attached hydrogen (secondary N) is 1. The molecule has 1 amide bonds. The number of nitrogens with two attached hydrogens (primary N) is 1. The van der Waals surface area contributed by atoms with E-state index < -0.39 is 6.09 Å². The SMILES string of the molecule is N[C@@H]1COCC[C@@H]1NC(=O)O. The Kier molecular flexibility index (Phi) is 2.67. The second kappa shape index (κ2) is 3.54.